The van der Waals surface area contributed by atoms with Gasteiger partial charge in [-0.15, -0.1) is 0 Å². The number of H-pyrrole nitrogens is 1. The summed E-state index contributed by atoms with van der Waals surface area (Å²) in [7, 11) is 0. The summed E-state index contributed by atoms with van der Waals surface area (Å²) < 4.78 is 12.7. The quantitative estimate of drug-likeness (QED) is 0.867. The van der Waals surface area contributed by atoms with Gasteiger partial charge in [0.15, 0.2) is 0 Å². The largest absolute Gasteiger partial charge is 0.491 e. The first-order chi connectivity index (χ1) is 11.4. The van der Waals surface area contributed by atoms with E-state index in [0.717, 1.165) is 5.56 Å². The lowest BCUT2D eigenvalue weighted by Gasteiger charge is -2.17. The first-order valence-electron chi connectivity index (χ1n) is 7.79. The molecule has 3 atom stereocenters. The van der Waals surface area contributed by atoms with Crippen molar-refractivity contribution < 1.29 is 14.6 Å². The van der Waals surface area contributed by atoms with Crippen LogP contribution in [0.1, 0.15) is 23.8 Å². The minimum Gasteiger partial charge on any atom is -0.491 e. The fraction of sp³-hybridized carbons (Fsp3) is 0.412. The van der Waals surface area contributed by atoms with Crippen LogP contribution in [0.15, 0.2) is 40.1 Å². The number of benzene rings is 1. The van der Waals surface area contributed by atoms with Gasteiger partial charge in [-0.3, -0.25) is 14.3 Å². The van der Waals surface area contributed by atoms with Gasteiger partial charge < -0.3 is 14.6 Å². The van der Waals surface area contributed by atoms with Crippen LogP contribution in [0.3, 0.4) is 0 Å². The number of aromatic nitrogens is 2. The van der Waals surface area contributed by atoms with E-state index in [2.05, 4.69) is 4.98 Å². The van der Waals surface area contributed by atoms with Crippen molar-refractivity contribution in [3.8, 4) is 5.75 Å². The van der Waals surface area contributed by atoms with Crippen LogP contribution in [0.5, 0.6) is 5.75 Å². The van der Waals surface area contributed by atoms with Gasteiger partial charge in [-0.1, -0.05) is 17.7 Å². The number of hydrogen-bond donors (Lipinski definition) is 2. The van der Waals surface area contributed by atoms with E-state index in [1.165, 1.54) is 10.8 Å². The summed E-state index contributed by atoms with van der Waals surface area (Å²) in [5.74, 6) is 0.692. The summed E-state index contributed by atoms with van der Waals surface area (Å²) in [6.45, 7) is 3.78. The van der Waals surface area contributed by atoms with E-state index in [1.54, 1.807) is 6.92 Å². The number of ether oxygens (including phenoxy) is 2. The van der Waals surface area contributed by atoms with Crippen LogP contribution in [-0.2, 0) is 4.74 Å². The summed E-state index contributed by atoms with van der Waals surface area (Å²) >= 11 is 0. The number of rotatable bonds is 4. The van der Waals surface area contributed by atoms with E-state index >= 15 is 0 Å². The molecule has 2 heterocycles. The second kappa shape index (κ2) is 6.62. The Kier molecular flexibility index (Phi) is 4.55. The highest BCUT2D eigenvalue weighted by Gasteiger charge is 2.36. The highest BCUT2D eigenvalue weighted by atomic mass is 16.6. The molecule has 1 aliphatic heterocycles. The van der Waals surface area contributed by atoms with Crippen LogP contribution in [0.2, 0.25) is 0 Å². The summed E-state index contributed by atoms with van der Waals surface area (Å²) in [6, 6.07) is 7.58. The van der Waals surface area contributed by atoms with E-state index < -0.39 is 29.7 Å². The zero-order valence-electron chi connectivity index (χ0n) is 13.6. The van der Waals surface area contributed by atoms with Crippen molar-refractivity contribution in [3.05, 3.63) is 62.4 Å². The summed E-state index contributed by atoms with van der Waals surface area (Å²) in [4.78, 5) is 25.6. The third-order valence-electron chi connectivity index (χ3n) is 4.10. The summed E-state index contributed by atoms with van der Waals surface area (Å²) in [5.41, 5.74) is 0.566. The van der Waals surface area contributed by atoms with Crippen LogP contribution < -0.4 is 16.0 Å². The van der Waals surface area contributed by atoms with Crippen LogP contribution in [0.4, 0.5) is 0 Å². The molecule has 1 aromatic heterocycles. The third-order valence-corrected chi connectivity index (χ3v) is 4.10. The van der Waals surface area contributed by atoms with Crippen molar-refractivity contribution in [1.82, 2.24) is 9.55 Å². The van der Waals surface area contributed by atoms with E-state index in [4.69, 9.17) is 9.47 Å². The Bertz CT molecular complexity index is 824. The molecule has 0 saturated carbocycles. The highest BCUT2D eigenvalue weighted by Crippen LogP contribution is 2.28. The molecule has 7 nitrogen and oxygen atoms in total. The Balaban J connectivity index is 1.68. The first kappa shape index (κ1) is 16.5. The smallest absolute Gasteiger partial charge is 0.330 e. The fourth-order valence-electron chi connectivity index (χ4n) is 2.65. The molecular weight excluding hydrogens is 312 g/mol. The SMILES string of the molecule is Cc1ccc(OC[C@H]2O[C@@H](n3cc(C)c(=O)[nH]c3=O)CC2O)cc1. The van der Waals surface area contributed by atoms with Crippen molar-refractivity contribution in [2.45, 2.75) is 38.7 Å². The zero-order chi connectivity index (χ0) is 17.3. The lowest BCUT2D eigenvalue weighted by atomic mass is 10.2. The molecule has 1 aliphatic rings. The Morgan fingerprint density at radius 2 is 2.00 bits per heavy atom. The highest BCUT2D eigenvalue weighted by molar-refractivity contribution is 5.26. The normalized spacial score (nSPS) is 23.4. The fourth-order valence-corrected chi connectivity index (χ4v) is 2.65. The monoisotopic (exact) mass is 332 g/mol. The van der Waals surface area contributed by atoms with E-state index in [-0.39, 0.29) is 13.0 Å². The minimum absolute atomic E-state index is 0.178. The molecule has 2 aromatic rings. The molecule has 24 heavy (non-hydrogen) atoms. The minimum atomic E-state index is -0.750. The van der Waals surface area contributed by atoms with Gasteiger partial charge in [0, 0.05) is 18.2 Å². The maximum absolute atomic E-state index is 11.9. The molecule has 3 rings (SSSR count). The van der Waals surface area contributed by atoms with Gasteiger partial charge in [0.25, 0.3) is 5.56 Å². The van der Waals surface area contributed by atoms with Crippen molar-refractivity contribution in [1.29, 1.82) is 0 Å². The van der Waals surface area contributed by atoms with Crippen molar-refractivity contribution >= 4 is 0 Å². The van der Waals surface area contributed by atoms with Gasteiger partial charge in [-0.2, -0.15) is 0 Å². The molecule has 1 unspecified atom stereocenters. The van der Waals surface area contributed by atoms with Gasteiger partial charge in [0.2, 0.25) is 0 Å². The predicted molar refractivity (Wildman–Crippen MR) is 87.3 cm³/mol. The molecule has 0 radical (unpaired) electrons. The molecule has 0 spiro atoms. The molecular formula is C17H20N2O5. The Labute approximate surface area is 138 Å². The average Bonchev–Trinajstić information content (AvgIpc) is 2.91. The van der Waals surface area contributed by atoms with E-state index in [9.17, 15) is 14.7 Å². The van der Waals surface area contributed by atoms with Crippen LogP contribution >= 0.6 is 0 Å². The van der Waals surface area contributed by atoms with Gasteiger partial charge in [0.1, 0.15) is 24.7 Å². The molecule has 1 saturated heterocycles. The number of nitrogens with one attached hydrogen (secondary N) is 1. The molecule has 0 aliphatic carbocycles. The molecule has 1 aromatic carbocycles. The maximum Gasteiger partial charge on any atom is 0.330 e. The zero-order valence-corrected chi connectivity index (χ0v) is 13.6. The first-order valence-corrected chi connectivity index (χ1v) is 7.79. The number of nitrogens with zero attached hydrogens (tertiary/aromatic N) is 1. The van der Waals surface area contributed by atoms with Crippen LogP contribution in [0.25, 0.3) is 0 Å². The van der Waals surface area contributed by atoms with Gasteiger partial charge in [0.05, 0.1) is 6.10 Å². The number of hydrogen-bond acceptors (Lipinski definition) is 5. The molecule has 1 fully saturated rings. The molecule has 128 valence electrons. The molecule has 7 heteroatoms. The van der Waals surface area contributed by atoms with Crippen molar-refractivity contribution in [3.63, 3.8) is 0 Å². The second-order valence-electron chi connectivity index (χ2n) is 6.03. The van der Waals surface area contributed by atoms with Gasteiger partial charge >= 0.3 is 5.69 Å². The summed E-state index contributed by atoms with van der Waals surface area (Å²) in [6.07, 6.45) is -0.223. The van der Waals surface area contributed by atoms with Crippen molar-refractivity contribution in [2.75, 3.05) is 6.61 Å². The Morgan fingerprint density at radius 1 is 1.29 bits per heavy atom. The maximum atomic E-state index is 11.9. The molecule has 0 bridgehead atoms. The Hall–Kier alpha value is -2.38. The number of aliphatic hydroxyl groups excluding tert-OH is 1. The van der Waals surface area contributed by atoms with Crippen LogP contribution in [0, 0.1) is 13.8 Å². The van der Waals surface area contributed by atoms with E-state index in [1.807, 2.05) is 31.2 Å². The predicted octanol–water partition coefficient (Wildman–Crippen LogP) is 0.881. The van der Waals surface area contributed by atoms with Gasteiger partial charge in [-0.05, 0) is 26.0 Å². The summed E-state index contributed by atoms with van der Waals surface area (Å²) in [5, 5.41) is 10.2. The molecule has 2 N–H and O–H groups in total. The second-order valence-corrected chi connectivity index (χ2v) is 6.03. The number of aryl methyl sites for hydroxylation is 2. The Morgan fingerprint density at radius 3 is 2.71 bits per heavy atom. The van der Waals surface area contributed by atoms with Crippen molar-refractivity contribution in [2.24, 2.45) is 0 Å². The van der Waals surface area contributed by atoms with Crippen LogP contribution in [-0.4, -0.2) is 33.5 Å². The third kappa shape index (κ3) is 3.42. The average molecular weight is 332 g/mol. The lowest BCUT2D eigenvalue weighted by molar-refractivity contribution is -0.0410. The topological polar surface area (TPSA) is 93.5 Å². The number of aromatic amines is 1. The lowest BCUT2D eigenvalue weighted by Crippen LogP contribution is -2.33. The number of aliphatic hydroxyl groups is 1. The molecule has 0 amide bonds. The standard InChI is InChI=1S/C17H20N2O5/c1-10-3-5-12(6-4-10)23-9-14-13(20)7-15(24-14)19-8-11(2)16(21)18-17(19)22/h3-6,8,13-15,20H,7,9H2,1-2H3,(H,18,21,22)/t13?,14-,15-/m1/s1. The van der Waals surface area contributed by atoms with E-state index in [0.29, 0.717) is 11.3 Å². The van der Waals surface area contributed by atoms with Gasteiger partial charge in [-0.25, -0.2) is 4.79 Å².